The molecule has 0 amide bonds. The first kappa shape index (κ1) is 10.9. The monoisotopic (exact) mass is 181 g/mol. The molecule has 0 saturated heterocycles. The maximum atomic E-state index is 11.0. The Morgan fingerprint density at radius 1 is 1.45 bits per heavy atom. The summed E-state index contributed by atoms with van der Waals surface area (Å²) in [6.45, 7) is 3.14. The van der Waals surface area contributed by atoms with Crippen LogP contribution in [-0.4, -0.2) is 43.3 Å². The molecule has 68 valence electrons. The van der Waals surface area contributed by atoms with E-state index in [4.69, 9.17) is 5.11 Å². The van der Waals surface area contributed by atoms with Crippen molar-refractivity contribution in [3.8, 4) is 0 Å². The third kappa shape index (κ3) is 2.76. The highest BCUT2D eigenvalue weighted by atomic mass is 32.2. The molecule has 0 heterocycles. The van der Waals surface area contributed by atoms with Gasteiger partial charge in [0.2, 0.25) is 10.0 Å². The predicted molar refractivity (Wildman–Crippen MR) is 43.8 cm³/mol. The molecule has 0 fully saturated rings. The fraction of sp³-hybridized carbons (Fsp3) is 1.00. The first-order chi connectivity index (χ1) is 4.72. The van der Waals surface area contributed by atoms with E-state index in [1.165, 1.54) is 7.05 Å². The van der Waals surface area contributed by atoms with Crippen LogP contribution < -0.4 is 0 Å². The fourth-order valence-electron chi connectivity index (χ4n) is 0.548. The third-order valence-corrected chi connectivity index (χ3v) is 3.23. The minimum absolute atomic E-state index is 0.184. The summed E-state index contributed by atoms with van der Waals surface area (Å²) in [7, 11) is -1.75. The summed E-state index contributed by atoms with van der Waals surface area (Å²) in [5.41, 5.74) is -0.715. The van der Waals surface area contributed by atoms with E-state index in [0.29, 0.717) is 0 Å². The van der Waals surface area contributed by atoms with Gasteiger partial charge in [0, 0.05) is 7.05 Å². The van der Waals surface area contributed by atoms with Gasteiger partial charge in [-0.25, -0.2) is 8.42 Å². The molecule has 1 N–H and O–H groups in total. The van der Waals surface area contributed by atoms with Gasteiger partial charge in [-0.1, -0.05) is 0 Å². The SMILES string of the molecule is CN(C(C)(C)CO)S(C)(=O)=O. The Labute approximate surface area is 67.9 Å². The molecule has 0 radical (unpaired) electrons. The average molecular weight is 181 g/mol. The fourth-order valence-corrected chi connectivity index (χ4v) is 1.50. The van der Waals surface area contributed by atoms with E-state index >= 15 is 0 Å². The van der Waals surface area contributed by atoms with Crippen LogP contribution in [0.15, 0.2) is 0 Å². The number of aliphatic hydroxyl groups is 1. The van der Waals surface area contributed by atoms with Gasteiger partial charge in [0.15, 0.2) is 0 Å². The van der Waals surface area contributed by atoms with Crippen molar-refractivity contribution in [3.63, 3.8) is 0 Å². The molecular weight excluding hydrogens is 166 g/mol. The minimum Gasteiger partial charge on any atom is -0.394 e. The average Bonchev–Trinajstić information content (AvgIpc) is 1.84. The Bertz CT molecular complexity index is 220. The molecule has 0 aliphatic carbocycles. The Kier molecular flexibility index (Phi) is 3.05. The van der Waals surface area contributed by atoms with Crippen molar-refractivity contribution >= 4 is 10.0 Å². The number of hydrogen-bond donors (Lipinski definition) is 1. The summed E-state index contributed by atoms with van der Waals surface area (Å²) in [6, 6.07) is 0. The topological polar surface area (TPSA) is 57.6 Å². The van der Waals surface area contributed by atoms with Crippen LogP contribution >= 0.6 is 0 Å². The van der Waals surface area contributed by atoms with E-state index < -0.39 is 15.6 Å². The van der Waals surface area contributed by atoms with Gasteiger partial charge in [-0.2, -0.15) is 4.31 Å². The Morgan fingerprint density at radius 3 is 1.91 bits per heavy atom. The molecule has 0 aromatic carbocycles. The second-order valence-electron chi connectivity index (χ2n) is 3.20. The van der Waals surface area contributed by atoms with Gasteiger partial charge >= 0.3 is 0 Å². The highest BCUT2D eigenvalue weighted by Crippen LogP contribution is 2.13. The smallest absolute Gasteiger partial charge is 0.211 e. The maximum absolute atomic E-state index is 11.0. The van der Waals surface area contributed by atoms with E-state index in [9.17, 15) is 8.42 Å². The Morgan fingerprint density at radius 2 is 1.82 bits per heavy atom. The molecule has 0 atom stereocenters. The summed E-state index contributed by atoms with van der Waals surface area (Å²) in [5.74, 6) is 0. The summed E-state index contributed by atoms with van der Waals surface area (Å²) < 4.78 is 23.1. The zero-order valence-corrected chi connectivity index (χ0v) is 8.14. The van der Waals surface area contributed by atoms with Crippen LogP contribution in [0, 0.1) is 0 Å². The number of hydrogen-bond acceptors (Lipinski definition) is 3. The lowest BCUT2D eigenvalue weighted by atomic mass is 10.1. The lowest BCUT2D eigenvalue weighted by Crippen LogP contribution is -2.47. The van der Waals surface area contributed by atoms with Crippen LogP contribution in [0.25, 0.3) is 0 Å². The predicted octanol–water partition coefficient (Wildman–Crippen LogP) is -0.351. The van der Waals surface area contributed by atoms with Crippen molar-refractivity contribution in [1.82, 2.24) is 4.31 Å². The molecule has 0 spiro atoms. The van der Waals surface area contributed by atoms with Crippen LogP contribution in [-0.2, 0) is 10.0 Å². The molecule has 0 aliphatic rings. The van der Waals surface area contributed by atoms with Gasteiger partial charge in [-0.15, -0.1) is 0 Å². The highest BCUT2D eigenvalue weighted by Gasteiger charge is 2.28. The van der Waals surface area contributed by atoms with Gasteiger partial charge in [0.05, 0.1) is 18.4 Å². The van der Waals surface area contributed by atoms with E-state index in [0.717, 1.165) is 10.6 Å². The van der Waals surface area contributed by atoms with E-state index in [1.54, 1.807) is 13.8 Å². The number of sulfonamides is 1. The van der Waals surface area contributed by atoms with Crippen LogP contribution in [0.3, 0.4) is 0 Å². The van der Waals surface area contributed by atoms with Gasteiger partial charge in [0.1, 0.15) is 0 Å². The number of likely N-dealkylation sites (N-methyl/N-ethyl adjacent to an activating group) is 1. The summed E-state index contributed by atoms with van der Waals surface area (Å²) in [6.07, 6.45) is 1.12. The van der Waals surface area contributed by atoms with Gasteiger partial charge in [-0.05, 0) is 13.8 Å². The molecule has 0 bridgehead atoms. The molecule has 0 aromatic rings. The zero-order valence-electron chi connectivity index (χ0n) is 7.33. The first-order valence-corrected chi connectivity index (χ1v) is 5.11. The maximum Gasteiger partial charge on any atom is 0.211 e. The van der Waals surface area contributed by atoms with Crippen LogP contribution in [0.2, 0.25) is 0 Å². The quantitative estimate of drug-likeness (QED) is 0.647. The number of nitrogens with zero attached hydrogens (tertiary/aromatic N) is 1. The second-order valence-corrected chi connectivity index (χ2v) is 5.21. The second kappa shape index (κ2) is 3.08. The molecule has 0 aliphatic heterocycles. The molecule has 5 heteroatoms. The van der Waals surface area contributed by atoms with Crippen molar-refractivity contribution in [1.29, 1.82) is 0 Å². The third-order valence-electron chi connectivity index (χ3n) is 1.74. The van der Waals surface area contributed by atoms with Crippen molar-refractivity contribution < 1.29 is 13.5 Å². The van der Waals surface area contributed by atoms with Crippen molar-refractivity contribution in [2.45, 2.75) is 19.4 Å². The molecule has 11 heavy (non-hydrogen) atoms. The van der Waals surface area contributed by atoms with E-state index in [2.05, 4.69) is 0 Å². The summed E-state index contributed by atoms with van der Waals surface area (Å²) >= 11 is 0. The minimum atomic E-state index is -3.20. The molecule has 4 nitrogen and oxygen atoms in total. The molecule has 0 rings (SSSR count). The molecule has 0 unspecified atom stereocenters. The standard InChI is InChI=1S/C6H15NO3S/c1-6(2,5-8)7(3)11(4,9)10/h8H,5H2,1-4H3. The lowest BCUT2D eigenvalue weighted by molar-refractivity contribution is 0.138. The first-order valence-electron chi connectivity index (χ1n) is 3.26. The lowest BCUT2D eigenvalue weighted by Gasteiger charge is -2.31. The molecule has 0 aromatic heterocycles. The van der Waals surface area contributed by atoms with Gasteiger partial charge in [0.25, 0.3) is 0 Å². The molecule has 0 saturated carbocycles. The van der Waals surface area contributed by atoms with E-state index in [-0.39, 0.29) is 6.61 Å². The zero-order chi connectivity index (χ0) is 9.28. The van der Waals surface area contributed by atoms with Gasteiger partial charge in [-0.3, -0.25) is 0 Å². The van der Waals surface area contributed by atoms with Gasteiger partial charge < -0.3 is 5.11 Å². The van der Waals surface area contributed by atoms with Crippen LogP contribution in [0.1, 0.15) is 13.8 Å². The Hall–Kier alpha value is -0.130. The van der Waals surface area contributed by atoms with Crippen molar-refractivity contribution in [2.24, 2.45) is 0 Å². The summed E-state index contributed by atoms with van der Waals surface area (Å²) in [5, 5.41) is 8.82. The highest BCUT2D eigenvalue weighted by molar-refractivity contribution is 7.88. The van der Waals surface area contributed by atoms with Crippen LogP contribution in [0.4, 0.5) is 0 Å². The van der Waals surface area contributed by atoms with Crippen LogP contribution in [0.5, 0.6) is 0 Å². The van der Waals surface area contributed by atoms with Crippen molar-refractivity contribution in [2.75, 3.05) is 19.9 Å². The molecular formula is C6H15NO3S. The van der Waals surface area contributed by atoms with Crippen molar-refractivity contribution in [3.05, 3.63) is 0 Å². The Balaban J connectivity index is 4.63. The number of rotatable bonds is 3. The normalized spacial score (nSPS) is 14.0. The summed E-state index contributed by atoms with van der Waals surface area (Å²) in [4.78, 5) is 0. The van der Waals surface area contributed by atoms with E-state index in [1.807, 2.05) is 0 Å². The number of aliphatic hydroxyl groups excluding tert-OH is 1. The largest absolute Gasteiger partial charge is 0.394 e.